The smallest absolute Gasteiger partial charge is 0.248 e. The summed E-state index contributed by atoms with van der Waals surface area (Å²) in [5, 5.41) is 10.5. The maximum absolute atomic E-state index is 12.4. The van der Waals surface area contributed by atoms with Gasteiger partial charge in [0.05, 0.1) is 13.7 Å². The third-order valence-corrected chi connectivity index (χ3v) is 5.31. The number of amides is 2. The second-order valence-electron chi connectivity index (χ2n) is 7.39. The van der Waals surface area contributed by atoms with E-state index in [1.54, 1.807) is 24.1 Å². The molecule has 1 N–H and O–H groups in total. The first kappa shape index (κ1) is 21.5. The molecule has 32 heavy (non-hydrogen) atoms. The molecule has 3 aromatic rings. The Balaban J connectivity index is 1.22. The highest BCUT2D eigenvalue weighted by Crippen LogP contribution is 2.23. The highest BCUT2D eigenvalue weighted by Gasteiger charge is 2.20. The highest BCUT2D eigenvalue weighted by atomic mass is 16.6. The van der Waals surface area contributed by atoms with Crippen molar-refractivity contribution >= 4 is 11.8 Å². The summed E-state index contributed by atoms with van der Waals surface area (Å²) in [4.78, 5) is 26.3. The molecule has 1 aliphatic rings. The number of hydrogen-bond donors (Lipinski definition) is 1. The van der Waals surface area contributed by atoms with Crippen molar-refractivity contribution in [3.05, 3.63) is 65.4 Å². The van der Waals surface area contributed by atoms with Crippen molar-refractivity contribution in [2.45, 2.75) is 19.5 Å². The fourth-order valence-electron chi connectivity index (χ4n) is 3.55. The van der Waals surface area contributed by atoms with Gasteiger partial charge < -0.3 is 19.7 Å². The standard InChI is InChI=1S/C23H24N4O5/c1-30-19-8-6-17(7-9-19)23-20(25-32-26-23)12-24-21(28)14-31-15-22(29)27-11-10-16-4-2-3-5-18(16)13-27/h2-9H,10-15H2,1H3,(H,24,28). The quantitative estimate of drug-likeness (QED) is 0.575. The Morgan fingerprint density at radius 2 is 1.84 bits per heavy atom. The molecule has 0 fully saturated rings. The number of ether oxygens (including phenoxy) is 2. The Hall–Kier alpha value is -3.72. The van der Waals surface area contributed by atoms with Crippen molar-refractivity contribution in [3.63, 3.8) is 0 Å². The van der Waals surface area contributed by atoms with E-state index in [9.17, 15) is 9.59 Å². The summed E-state index contributed by atoms with van der Waals surface area (Å²) in [5.74, 6) is 0.237. The molecule has 0 aliphatic carbocycles. The molecule has 0 unspecified atom stereocenters. The van der Waals surface area contributed by atoms with Crippen LogP contribution in [0.5, 0.6) is 5.75 Å². The third-order valence-electron chi connectivity index (χ3n) is 5.31. The molecule has 9 nitrogen and oxygen atoms in total. The van der Waals surface area contributed by atoms with Gasteiger partial charge in [-0.15, -0.1) is 0 Å². The van der Waals surface area contributed by atoms with Crippen LogP contribution in [0.25, 0.3) is 11.3 Å². The summed E-state index contributed by atoms with van der Waals surface area (Å²) in [5.41, 5.74) is 4.24. The van der Waals surface area contributed by atoms with Crippen LogP contribution in [0.15, 0.2) is 53.2 Å². The zero-order chi connectivity index (χ0) is 22.3. The molecule has 1 aliphatic heterocycles. The Labute approximate surface area is 185 Å². The fourth-order valence-corrected chi connectivity index (χ4v) is 3.55. The Morgan fingerprint density at radius 1 is 1.06 bits per heavy atom. The number of carbonyl (C=O) groups is 2. The molecule has 2 amide bonds. The fraction of sp³-hybridized carbons (Fsp3) is 0.304. The van der Waals surface area contributed by atoms with E-state index in [4.69, 9.17) is 14.1 Å². The zero-order valence-electron chi connectivity index (χ0n) is 17.7. The molecule has 2 heterocycles. The van der Waals surface area contributed by atoms with Gasteiger partial charge in [-0.05, 0) is 47.0 Å². The lowest BCUT2D eigenvalue weighted by atomic mass is 10.00. The van der Waals surface area contributed by atoms with Crippen molar-refractivity contribution in [2.75, 3.05) is 26.9 Å². The van der Waals surface area contributed by atoms with Crippen LogP contribution in [0, 0.1) is 0 Å². The van der Waals surface area contributed by atoms with Crippen LogP contribution in [0.4, 0.5) is 0 Å². The summed E-state index contributed by atoms with van der Waals surface area (Å²) in [7, 11) is 1.59. The molecule has 0 spiro atoms. The van der Waals surface area contributed by atoms with Gasteiger partial charge in [-0.25, -0.2) is 4.63 Å². The molecule has 0 saturated carbocycles. The predicted molar refractivity (Wildman–Crippen MR) is 115 cm³/mol. The number of nitrogens with zero attached hydrogens (tertiary/aromatic N) is 3. The normalized spacial score (nSPS) is 12.8. The van der Waals surface area contributed by atoms with Crippen molar-refractivity contribution in [1.82, 2.24) is 20.5 Å². The van der Waals surface area contributed by atoms with Crippen molar-refractivity contribution in [3.8, 4) is 17.0 Å². The van der Waals surface area contributed by atoms with Gasteiger partial charge in [0.25, 0.3) is 0 Å². The van der Waals surface area contributed by atoms with Crippen molar-refractivity contribution in [2.24, 2.45) is 0 Å². The first-order valence-corrected chi connectivity index (χ1v) is 10.3. The SMILES string of the molecule is COc1ccc(-c2nonc2CNC(=O)COCC(=O)N2CCc3ccccc3C2)cc1. The van der Waals surface area contributed by atoms with Gasteiger partial charge in [-0.1, -0.05) is 29.4 Å². The van der Waals surface area contributed by atoms with Crippen LogP contribution >= 0.6 is 0 Å². The number of rotatable bonds is 8. The molecule has 2 aromatic carbocycles. The van der Waals surface area contributed by atoms with Crippen LogP contribution in [-0.2, 0) is 33.8 Å². The lowest BCUT2D eigenvalue weighted by molar-refractivity contribution is -0.139. The van der Waals surface area contributed by atoms with Crippen molar-refractivity contribution in [1.29, 1.82) is 0 Å². The van der Waals surface area contributed by atoms with E-state index in [2.05, 4.69) is 21.7 Å². The van der Waals surface area contributed by atoms with Gasteiger partial charge in [0, 0.05) is 18.7 Å². The Bertz CT molecular complexity index is 1080. The van der Waals surface area contributed by atoms with Gasteiger partial charge in [0.1, 0.15) is 30.4 Å². The molecule has 9 heteroatoms. The highest BCUT2D eigenvalue weighted by molar-refractivity contribution is 5.80. The maximum atomic E-state index is 12.4. The van der Waals surface area contributed by atoms with Crippen LogP contribution in [0.2, 0.25) is 0 Å². The number of fused-ring (bicyclic) bond motifs is 1. The number of aromatic nitrogens is 2. The second-order valence-corrected chi connectivity index (χ2v) is 7.39. The van der Waals surface area contributed by atoms with E-state index in [0.29, 0.717) is 24.5 Å². The van der Waals surface area contributed by atoms with Gasteiger partial charge in [-0.2, -0.15) is 0 Å². The average molecular weight is 436 g/mol. The third kappa shape index (κ3) is 5.12. The lowest BCUT2D eigenvalue weighted by Crippen LogP contribution is -2.39. The predicted octanol–water partition coefficient (Wildman–Crippen LogP) is 1.96. The molecule has 1 aromatic heterocycles. The summed E-state index contributed by atoms with van der Waals surface area (Å²) >= 11 is 0. The van der Waals surface area contributed by atoms with Crippen LogP contribution in [-0.4, -0.2) is 53.9 Å². The molecular formula is C23H24N4O5. The minimum Gasteiger partial charge on any atom is -0.497 e. The van der Waals surface area contributed by atoms with Crippen LogP contribution in [0.1, 0.15) is 16.8 Å². The molecule has 0 saturated heterocycles. The monoisotopic (exact) mass is 436 g/mol. The van der Waals surface area contributed by atoms with E-state index in [1.807, 2.05) is 30.3 Å². The number of nitrogens with one attached hydrogen (secondary N) is 1. The molecule has 166 valence electrons. The molecule has 0 atom stereocenters. The Kier molecular flexibility index (Phi) is 6.76. The topological polar surface area (TPSA) is 107 Å². The lowest BCUT2D eigenvalue weighted by Gasteiger charge is -2.28. The van der Waals surface area contributed by atoms with Gasteiger partial charge >= 0.3 is 0 Å². The number of benzene rings is 2. The number of hydrogen-bond acceptors (Lipinski definition) is 7. The van der Waals surface area contributed by atoms with E-state index >= 15 is 0 Å². The van der Waals surface area contributed by atoms with E-state index in [1.165, 1.54) is 5.56 Å². The molecule has 0 bridgehead atoms. The summed E-state index contributed by atoms with van der Waals surface area (Å²) in [6.45, 7) is 0.984. The van der Waals surface area contributed by atoms with E-state index < -0.39 is 0 Å². The molecule has 0 radical (unpaired) electrons. The first-order chi connectivity index (χ1) is 15.6. The second kappa shape index (κ2) is 10.1. The largest absolute Gasteiger partial charge is 0.497 e. The van der Waals surface area contributed by atoms with E-state index in [0.717, 1.165) is 23.3 Å². The van der Waals surface area contributed by atoms with Gasteiger partial charge in [-0.3, -0.25) is 9.59 Å². The molecular weight excluding hydrogens is 412 g/mol. The number of carbonyl (C=O) groups excluding carboxylic acids is 2. The number of methoxy groups -OCH3 is 1. The summed E-state index contributed by atoms with van der Waals surface area (Å²) in [6.07, 6.45) is 0.824. The van der Waals surface area contributed by atoms with Crippen molar-refractivity contribution < 1.29 is 23.7 Å². The minimum atomic E-state index is -0.356. The van der Waals surface area contributed by atoms with Crippen LogP contribution < -0.4 is 10.1 Å². The minimum absolute atomic E-state index is 0.129. The first-order valence-electron chi connectivity index (χ1n) is 10.3. The maximum Gasteiger partial charge on any atom is 0.248 e. The van der Waals surface area contributed by atoms with Gasteiger partial charge in [0.2, 0.25) is 11.8 Å². The summed E-state index contributed by atoms with van der Waals surface area (Å²) < 4.78 is 15.3. The summed E-state index contributed by atoms with van der Waals surface area (Å²) in [6, 6.07) is 15.4. The van der Waals surface area contributed by atoms with Gasteiger partial charge in [0.15, 0.2) is 0 Å². The zero-order valence-corrected chi connectivity index (χ0v) is 17.7. The van der Waals surface area contributed by atoms with E-state index in [-0.39, 0.29) is 31.6 Å². The van der Waals surface area contributed by atoms with Crippen LogP contribution in [0.3, 0.4) is 0 Å². The Morgan fingerprint density at radius 3 is 2.62 bits per heavy atom. The average Bonchev–Trinajstić information content (AvgIpc) is 3.31. The molecule has 4 rings (SSSR count).